The number of hydrogen-bond acceptors (Lipinski definition) is 3. The molecule has 4 heteroatoms. The van der Waals surface area contributed by atoms with Crippen molar-refractivity contribution in [3.05, 3.63) is 11.6 Å². The number of Topliss-reactive ketones (excluding diaryl/α,β-unsaturated/α-hetero) is 1. The molecule has 0 saturated carbocycles. The Labute approximate surface area is 95.5 Å². The molecule has 1 heterocycles. The van der Waals surface area contributed by atoms with Crippen LogP contribution in [0.15, 0.2) is 6.07 Å². The molecule has 1 aromatic heterocycles. The molecule has 0 aliphatic rings. The van der Waals surface area contributed by atoms with Crippen molar-refractivity contribution >= 4 is 5.78 Å². The molecule has 0 bridgehead atoms. The van der Waals surface area contributed by atoms with Crippen LogP contribution in [0, 0.1) is 12.8 Å². The van der Waals surface area contributed by atoms with Crippen LogP contribution in [0.3, 0.4) is 0 Å². The first-order valence-electron chi connectivity index (χ1n) is 5.54. The maximum atomic E-state index is 11.4. The van der Waals surface area contributed by atoms with Gasteiger partial charge >= 0.3 is 0 Å². The van der Waals surface area contributed by atoms with Crippen LogP contribution in [0.2, 0.25) is 0 Å². The summed E-state index contributed by atoms with van der Waals surface area (Å²) in [5, 5.41) is 19.1. The average Bonchev–Trinajstić information content (AvgIpc) is 2.44. The minimum atomic E-state index is 0.0481. The Bertz CT molecular complexity index is 380. The number of hydrogen-bond donors (Lipinski definition) is 2. The van der Waals surface area contributed by atoms with Gasteiger partial charge < -0.3 is 10.2 Å². The number of aromatic nitrogens is 1. The minimum absolute atomic E-state index is 0.0481. The van der Waals surface area contributed by atoms with Gasteiger partial charge in [0.05, 0.1) is 0 Å². The van der Waals surface area contributed by atoms with Gasteiger partial charge in [0.2, 0.25) is 0 Å². The predicted molar refractivity (Wildman–Crippen MR) is 61.6 cm³/mol. The molecule has 2 N–H and O–H groups in total. The number of nitrogens with zero attached hydrogens (tertiary/aromatic N) is 1. The van der Waals surface area contributed by atoms with E-state index >= 15 is 0 Å². The molecule has 1 rings (SSSR count). The molecular weight excluding hydrogens is 206 g/mol. The van der Waals surface area contributed by atoms with Crippen LogP contribution >= 0.6 is 0 Å². The van der Waals surface area contributed by atoms with Crippen LogP contribution in [-0.4, -0.2) is 20.6 Å². The molecule has 0 atom stereocenters. The fraction of sp³-hybridized carbons (Fsp3) is 0.583. The van der Waals surface area contributed by atoms with E-state index < -0.39 is 0 Å². The lowest BCUT2D eigenvalue weighted by atomic mass is 10.0. The fourth-order valence-corrected chi connectivity index (χ4v) is 1.58. The Kier molecular flexibility index (Phi) is 3.99. The number of carbonyl (C=O) groups is 1. The normalized spacial score (nSPS) is 11.0. The summed E-state index contributed by atoms with van der Waals surface area (Å²) < 4.78 is 1.42. The Hall–Kier alpha value is -1.45. The van der Waals surface area contributed by atoms with Crippen molar-refractivity contribution in [1.29, 1.82) is 0 Å². The third kappa shape index (κ3) is 2.78. The highest BCUT2D eigenvalue weighted by atomic mass is 16.3. The van der Waals surface area contributed by atoms with Crippen LogP contribution in [0.25, 0.3) is 0 Å². The summed E-state index contributed by atoms with van der Waals surface area (Å²) >= 11 is 0. The third-order valence-corrected chi connectivity index (χ3v) is 2.68. The Morgan fingerprint density at radius 3 is 2.50 bits per heavy atom. The second kappa shape index (κ2) is 5.05. The molecular formula is C12H19NO3. The van der Waals surface area contributed by atoms with Gasteiger partial charge in [-0.3, -0.25) is 9.36 Å². The van der Waals surface area contributed by atoms with Crippen LogP contribution in [0.4, 0.5) is 0 Å². The van der Waals surface area contributed by atoms with E-state index in [9.17, 15) is 15.0 Å². The van der Waals surface area contributed by atoms with Crippen molar-refractivity contribution < 1.29 is 15.0 Å². The summed E-state index contributed by atoms with van der Waals surface area (Å²) in [5.74, 6) is 0.387. The van der Waals surface area contributed by atoms with Crippen LogP contribution < -0.4 is 0 Å². The van der Waals surface area contributed by atoms with Crippen molar-refractivity contribution in [2.24, 2.45) is 5.92 Å². The van der Waals surface area contributed by atoms with Gasteiger partial charge in [0.1, 0.15) is 5.78 Å². The molecule has 0 aliphatic heterocycles. The summed E-state index contributed by atoms with van der Waals surface area (Å²) in [6, 6.07) is 1.51. The van der Waals surface area contributed by atoms with Crippen molar-refractivity contribution in [1.82, 2.24) is 4.57 Å². The Morgan fingerprint density at radius 2 is 2.06 bits per heavy atom. The highest BCUT2D eigenvalue weighted by Gasteiger charge is 2.11. The number of aryl methyl sites for hydroxylation is 1. The van der Waals surface area contributed by atoms with E-state index in [1.165, 1.54) is 10.6 Å². The largest absolute Gasteiger partial charge is 0.494 e. The van der Waals surface area contributed by atoms with Gasteiger partial charge in [0, 0.05) is 30.5 Å². The summed E-state index contributed by atoms with van der Waals surface area (Å²) in [7, 11) is 0. The van der Waals surface area contributed by atoms with Crippen LogP contribution in [0.5, 0.6) is 11.8 Å². The third-order valence-electron chi connectivity index (χ3n) is 2.68. The van der Waals surface area contributed by atoms with Crippen LogP contribution in [-0.2, 0) is 11.3 Å². The van der Waals surface area contributed by atoms with E-state index in [0.29, 0.717) is 24.9 Å². The fourth-order valence-electron chi connectivity index (χ4n) is 1.58. The zero-order chi connectivity index (χ0) is 12.3. The van der Waals surface area contributed by atoms with Gasteiger partial charge in [-0.25, -0.2) is 0 Å². The molecule has 1 aromatic rings. The molecule has 0 spiro atoms. The second-order valence-electron chi connectivity index (χ2n) is 4.39. The Morgan fingerprint density at radius 1 is 1.44 bits per heavy atom. The predicted octanol–water partition coefficient (Wildman–Crippen LogP) is 2.21. The first kappa shape index (κ1) is 12.6. The molecule has 90 valence electrons. The lowest BCUT2D eigenvalue weighted by Crippen LogP contribution is -2.08. The van der Waals surface area contributed by atoms with Crippen molar-refractivity contribution in [3.63, 3.8) is 0 Å². The monoisotopic (exact) mass is 225 g/mol. The van der Waals surface area contributed by atoms with Gasteiger partial charge in [0.15, 0.2) is 11.8 Å². The maximum Gasteiger partial charge on any atom is 0.196 e. The maximum absolute atomic E-state index is 11.4. The standard InChI is InChI=1S/C12H19NO3/c1-8(2)10(14)5-4-6-13-11(15)7-9(3)12(13)16/h7-8,15-16H,4-6H2,1-3H3. The molecule has 0 amide bonds. The van der Waals surface area contributed by atoms with E-state index in [-0.39, 0.29) is 23.5 Å². The molecule has 0 fully saturated rings. The average molecular weight is 225 g/mol. The number of carbonyl (C=O) groups excluding carboxylic acids is 1. The number of aromatic hydroxyl groups is 2. The van der Waals surface area contributed by atoms with E-state index in [1.54, 1.807) is 6.92 Å². The summed E-state index contributed by atoms with van der Waals surface area (Å²) in [4.78, 5) is 11.4. The summed E-state index contributed by atoms with van der Waals surface area (Å²) in [6.45, 7) is 5.93. The van der Waals surface area contributed by atoms with Gasteiger partial charge in [-0.2, -0.15) is 0 Å². The molecule has 0 aromatic carbocycles. The topological polar surface area (TPSA) is 62.5 Å². The highest BCUT2D eigenvalue weighted by molar-refractivity contribution is 5.80. The summed E-state index contributed by atoms with van der Waals surface area (Å²) in [5.41, 5.74) is 0.646. The van der Waals surface area contributed by atoms with Crippen LogP contribution in [0.1, 0.15) is 32.3 Å². The lowest BCUT2D eigenvalue weighted by molar-refractivity contribution is -0.122. The van der Waals surface area contributed by atoms with E-state index in [1.807, 2.05) is 13.8 Å². The van der Waals surface area contributed by atoms with E-state index in [0.717, 1.165) is 0 Å². The van der Waals surface area contributed by atoms with Gasteiger partial charge in [-0.15, -0.1) is 0 Å². The summed E-state index contributed by atoms with van der Waals surface area (Å²) in [6.07, 6.45) is 1.11. The zero-order valence-corrected chi connectivity index (χ0v) is 10.0. The van der Waals surface area contributed by atoms with Crippen molar-refractivity contribution in [2.45, 2.75) is 40.2 Å². The molecule has 0 aliphatic carbocycles. The zero-order valence-electron chi connectivity index (χ0n) is 10.0. The smallest absolute Gasteiger partial charge is 0.196 e. The molecule has 0 unspecified atom stereocenters. The van der Waals surface area contributed by atoms with E-state index in [2.05, 4.69) is 0 Å². The highest BCUT2D eigenvalue weighted by Crippen LogP contribution is 2.26. The molecule has 4 nitrogen and oxygen atoms in total. The van der Waals surface area contributed by atoms with Crippen molar-refractivity contribution in [2.75, 3.05) is 0 Å². The second-order valence-corrected chi connectivity index (χ2v) is 4.39. The Balaban J connectivity index is 2.52. The van der Waals surface area contributed by atoms with Gasteiger partial charge in [0.25, 0.3) is 0 Å². The van der Waals surface area contributed by atoms with E-state index in [4.69, 9.17) is 0 Å². The number of ketones is 1. The lowest BCUT2D eigenvalue weighted by Gasteiger charge is -2.07. The van der Waals surface area contributed by atoms with Gasteiger partial charge in [-0.05, 0) is 13.3 Å². The molecule has 16 heavy (non-hydrogen) atoms. The van der Waals surface area contributed by atoms with Gasteiger partial charge in [-0.1, -0.05) is 13.8 Å². The first-order chi connectivity index (χ1) is 7.43. The molecule has 0 radical (unpaired) electrons. The van der Waals surface area contributed by atoms with Crippen molar-refractivity contribution in [3.8, 4) is 11.8 Å². The minimum Gasteiger partial charge on any atom is -0.494 e. The quantitative estimate of drug-likeness (QED) is 0.807. The molecule has 0 saturated heterocycles. The first-order valence-corrected chi connectivity index (χ1v) is 5.54. The SMILES string of the molecule is Cc1cc(O)n(CCCC(=O)C(C)C)c1O. The number of rotatable bonds is 5.